The van der Waals surface area contributed by atoms with Crippen molar-refractivity contribution >= 4 is 0 Å². The molecule has 0 bridgehead atoms. The van der Waals surface area contributed by atoms with Gasteiger partial charge in [-0.3, -0.25) is 0 Å². The average Bonchev–Trinajstić information content (AvgIpc) is 2.52. The van der Waals surface area contributed by atoms with Crippen molar-refractivity contribution in [2.45, 2.75) is 13.5 Å². The van der Waals surface area contributed by atoms with Crippen LogP contribution < -0.4 is 9.69 Å². The summed E-state index contributed by atoms with van der Waals surface area (Å²) in [5, 5.41) is 2.03. The summed E-state index contributed by atoms with van der Waals surface area (Å²) in [6.45, 7) is 3.08. The van der Waals surface area contributed by atoms with E-state index in [1.807, 2.05) is 54.0 Å². The molecule has 0 amide bonds. The van der Waals surface area contributed by atoms with Crippen molar-refractivity contribution < 1.29 is 4.68 Å². The Morgan fingerprint density at radius 3 is 2.43 bits per heavy atom. The Morgan fingerprint density at radius 2 is 1.79 bits per heavy atom. The van der Waals surface area contributed by atoms with E-state index in [-0.39, 0.29) is 0 Å². The lowest BCUT2D eigenvalue weighted by atomic mass is 10.5. The second-order valence-electron chi connectivity index (χ2n) is 3.01. The van der Waals surface area contributed by atoms with E-state index in [2.05, 4.69) is 22.6 Å². The molecule has 0 saturated heterocycles. The molecule has 0 aromatic carbocycles. The van der Waals surface area contributed by atoms with Crippen LogP contribution in [0.3, 0.4) is 0 Å². The van der Waals surface area contributed by atoms with Gasteiger partial charge in [0.1, 0.15) is 25.1 Å². The van der Waals surface area contributed by atoms with Crippen molar-refractivity contribution in [3.63, 3.8) is 0 Å². The van der Waals surface area contributed by atoms with Crippen LogP contribution in [-0.4, -0.2) is 4.79 Å². The molecule has 0 saturated carbocycles. The van der Waals surface area contributed by atoms with Crippen LogP contribution in [0.25, 0.3) is 0 Å². The number of allylic oxidation sites excluding steroid dienone is 4. The van der Waals surface area contributed by atoms with Gasteiger partial charge in [-0.15, -0.1) is 5.01 Å². The monoisotopic (exact) mass is 188 g/mol. The van der Waals surface area contributed by atoms with Gasteiger partial charge in [0.2, 0.25) is 0 Å². The highest BCUT2D eigenvalue weighted by molar-refractivity contribution is 5.23. The summed E-state index contributed by atoms with van der Waals surface area (Å²) in [5.41, 5.74) is 0. The fourth-order valence-electron chi connectivity index (χ4n) is 1.42. The van der Waals surface area contributed by atoms with E-state index in [9.17, 15) is 0 Å². The van der Waals surface area contributed by atoms with Crippen LogP contribution >= 0.6 is 0 Å². The van der Waals surface area contributed by atoms with Crippen molar-refractivity contribution in [1.29, 1.82) is 0 Å². The van der Waals surface area contributed by atoms with Crippen LogP contribution in [0.4, 0.5) is 0 Å². The molecule has 14 heavy (non-hydrogen) atoms. The lowest BCUT2D eigenvalue weighted by Crippen LogP contribution is -2.48. The molecule has 2 heterocycles. The molecule has 0 fully saturated rings. The quantitative estimate of drug-likeness (QED) is 0.638. The van der Waals surface area contributed by atoms with Crippen LogP contribution in [0.1, 0.15) is 6.92 Å². The topological polar surface area (TPSA) is 12.0 Å². The van der Waals surface area contributed by atoms with Gasteiger partial charge < -0.3 is 0 Å². The van der Waals surface area contributed by atoms with E-state index in [0.29, 0.717) is 0 Å². The lowest BCUT2D eigenvalue weighted by Gasteiger charge is -2.09. The molecule has 0 aliphatic carbocycles. The minimum Gasteiger partial charge on any atom is -0.164 e. The summed E-state index contributed by atoms with van der Waals surface area (Å²) in [4.78, 5) is 2.06. The van der Waals surface area contributed by atoms with Crippen LogP contribution in [0.2, 0.25) is 0 Å². The highest BCUT2D eigenvalue weighted by Crippen LogP contribution is 1.96. The molecule has 0 radical (unpaired) electrons. The average molecular weight is 188 g/mol. The third kappa shape index (κ3) is 1.62. The van der Waals surface area contributed by atoms with E-state index in [1.165, 1.54) is 0 Å². The molecule has 0 N–H and O–H groups in total. The first-order valence-corrected chi connectivity index (χ1v) is 4.79. The predicted octanol–water partition coefficient (Wildman–Crippen LogP) is 1.33. The second-order valence-corrected chi connectivity index (χ2v) is 3.01. The maximum atomic E-state index is 2.12. The smallest absolute Gasteiger partial charge is 0.117 e. The Bertz CT molecular complexity index is 369. The van der Waals surface area contributed by atoms with Gasteiger partial charge in [-0.1, -0.05) is 16.9 Å². The molecule has 1 aromatic heterocycles. The fourth-order valence-corrected chi connectivity index (χ4v) is 1.42. The summed E-state index contributed by atoms with van der Waals surface area (Å²) in [6.07, 6.45) is 16.2. The molecule has 72 valence electrons. The first-order chi connectivity index (χ1) is 6.92. The molecule has 2 rings (SSSR count). The minimum atomic E-state index is 0.957. The molecule has 3 nitrogen and oxygen atoms in total. The third-order valence-electron chi connectivity index (χ3n) is 2.11. The number of hydrogen-bond donors (Lipinski definition) is 0. The van der Waals surface area contributed by atoms with Crippen LogP contribution in [0.5, 0.6) is 0 Å². The third-order valence-corrected chi connectivity index (χ3v) is 2.11. The Hall–Kier alpha value is -1.77. The molecular weight excluding hydrogens is 174 g/mol. The zero-order chi connectivity index (χ0) is 9.80. The molecule has 1 aliphatic heterocycles. The highest BCUT2D eigenvalue weighted by Gasteiger charge is 2.09. The molecule has 0 unspecified atom stereocenters. The van der Waals surface area contributed by atoms with Gasteiger partial charge in [0.25, 0.3) is 0 Å². The van der Waals surface area contributed by atoms with E-state index >= 15 is 0 Å². The Morgan fingerprint density at radius 1 is 1.07 bits per heavy atom. The standard InChI is InChI=1S/C11H14N3/c1-2-12-10-7-11-14(12)13-8-5-3-4-6-9-13/h3-11H,2H2,1H3/q+1. The number of hydrogen-bond acceptors (Lipinski definition) is 1. The molecule has 3 heteroatoms. The second kappa shape index (κ2) is 3.96. The zero-order valence-electron chi connectivity index (χ0n) is 8.24. The van der Waals surface area contributed by atoms with Crippen molar-refractivity contribution in [3.05, 3.63) is 55.2 Å². The summed E-state index contributed by atoms with van der Waals surface area (Å²) >= 11 is 0. The van der Waals surface area contributed by atoms with Gasteiger partial charge in [0.15, 0.2) is 0 Å². The Labute approximate surface area is 83.8 Å². The van der Waals surface area contributed by atoms with Crippen molar-refractivity contribution in [2.24, 2.45) is 0 Å². The first-order valence-electron chi connectivity index (χ1n) is 4.79. The van der Waals surface area contributed by atoms with Crippen molar-refractivity contribution in [1.82, 2.24) is 4.79 Å². The maximum Gasteiger partial charge on any atom is 0.117 e. The summed E-state index contributed by atoms with van der Waals surface area (Å²) in [6, 6.07) is 2.03. The van der Waals surface area contributed by atoms with Crippen molar-refractivity contribution in [3.8, 4) is 0 Å². The maximum absolute atomic E-state index is 2.12. The van der Waals surface area contributed by atoms with Gasteiger partial charge >= 0.3 is 0 Å². The number of nitrogens with zero attached hydrogens (tertiary/aromatic N) is 3. The Kier molecular flexibility index (Phi) is 2.49. The van der Waals surface area contributed by atoms with E-state index in [4.69, 9.17) is 0 Å². The van der Waals surface area contributed by atoms with Gasteiger partial charge in [0, 0.05) is 6.07 Å². The summed E-state index contributed by atoms with van der Waals surface area (Å²) < 4.78 is 2.12. The van der Waals surface area contributed by atoms with Gasteiger partial charge in [0.05, 0.1) is 6.20 Å². The fraction of sp³-hybridized carbons (Fsp3) is 0.182. The van der Waals surface area contributed by atoms with Crippen LogP contribution in [0, 0.1) is 0 Å². The van der Waals surface area contributed by atoms with E-state index in [1.54, 1.807) is 0 Å². The van der Waals surface area contributed by atoms with Gasteiger partial charge in [-0.25, -0.2) is 0 Å². The Balaban J connectivity index is 2.30. The van der Waals surface area contributed by atoms with Gasteiger partial charge in [-0.2, -0.15) is 4.68 Å². The zero-order valence-corrected chi connectivity index (χ0v) is 8.24. The van der Waals surface area contributed by atoms with Crippen LogP contribution in [0.15, 0.2) is 55.2 Å². The minimum absolute atomic E-state index is 0.957. The highest BCUT2D eigenvalue weighted by atomic mass is 15.7. The van der Waals surface area contributed by atoms with Crippen LogP contribution in [-0.2, 0) is 6.54 Å². The molecule has 1 aromatic rings. The number of aromatic nitrogens is 2. The van der Waals surface area contributed by atoms with Gasteiger partial charge in [-0.05, 0) is 19.1 Å². The molecule has 0 spiro atoms. The SMILES string of the molecule is CC[n+]1cccn1N1C=CC=CC=C1. The predicted molar refractivity (Wildman–Crippen MR) is 55.9 cm³/mol. The molecule has 1 aliphatic rings. The van der Waals surface area contributed by atoms with E-state index < -0.39 is 0 Å². The number of aryl methyl sites for hydroxylation is 1. The summed E-state index contributed by atoms with van der Waals surface area (Å²) in [7, 11) is 0. The largest absolute Gasteiger partial charge is 0.164 e. The van der Waals surface area contributed by atoms with E-state index in [0.717, 1.165) is 6.54 Å². The first kappa shape index (κ1) is 8.81. The summed E-state index contributed by atoms with van der Waals surface area (Å²) in [5.74, 6) is 0. The normalized spacial score (nSPS) is 14.8. The lowest BCUT2D eigenvalue weighted by molar-refractivity contribution is -0.771. The molecule has 0 atom stereocenters. The van der Waals surface area contributed by atoms with Crippen molar-refractivity contribution in [2.75, 3.05) is 5.01 Å². The number of rotatable bonds is 2. The molecular formula is C11H14N3+.